The number of nitrogens with one attached hydrogen (secondary N) is 1. The molecule has 0 aliphatic heterocycles. The van der Waals surface area contributed by atoms with Crippen molar-refractivity contribution in [2.24, 2.45) is 5.73 Å². The third kappa shape index (κ3) is 5.27. The van der Waals surface area contributed by atoms with Gasteiger partial charge >= 0.3 is 0 Å². The first-order valence-corrected chi connectivity index (χ1v) is 8.06. The summed E-state index contributed by atoms with van der Waals surface area (Å²) in [6.45, 7) is -0.0192. The van der Waals surface area contributed by atoms with Crippen LogP contribution in [0.3, 0.4) is 0 Å². The second-order valence-electron chi connectivity index (χ2n) is 5.50. The maximum atomic E-state index is 12.5. The number of hydrogen-bond donors (Lipinski definition) is 2. The van der Waals surface area contributed by atoms with Gasteiger partial charge in [-0.05, 0) is 29.8 Å². The number of amides is 2. The molecule has 0 atom stereocenters. The van der Waals surface area contributed by atoms with Crippen LogP contribution in [0.25, 0.3) is 0 Å². The van der Waals surface area contributed by atoms with E-state index in [-0.39, 0.29) is 29.8 Å². The third-order valence-corrected chi connectivity index (χ3v) is 3.67. The minimum atomic E-state index is -0.640. The van der Waals surface area contributed by atoms with Gasteiger partial charge in [-0.1, -0.05) is 12.1 Å². The third-order valence-electron chi connectivity index (χ3n) is 3.67. The van der Waals surface area contributed by atoms with E-state index in [1.165, 1.54) is 26.4 Å². The molecule has 0 saturated heterocycles. The van der Waals surface area contributed by atoms with E-state index in [1.807, 2.05) is 24.3 Å². The van der Waals surface area contributed by atoms with Gasteiger partial charge in [-0.25, -0.2) is 0 Å². The summed E-state index contributed by atoms with van der Waals surface area (Å²) in [6, 6.07) is 10.4. The first-order valence-electron chi connectivity index (χ1n) is 8.06. The van der Waals surface area contributed by atoms with Crippen molar-refractivity contribution in [1.82, 2.24) is 5.32 Å². The van der Waals surface area contributed by atoms with Crippen LogP contribution in [0.5, 0.6) is 23.0 Å². The van der Waals surface area contributed by atoms with Crippen molar-refractivity contribution in [2.45, 2.75) is 6.54 Å². The highest BCUT2D eigenvalue weighted by molar-refractivity contribution is 5.95. The van der Waals surface area contributed by atoms with Gasteiger partial charge in [-0.3, -0.25) is 9.59 Å². The number of primary amides is 1. The molecule has 0 saturated carbocycles. The van der Waals surface area contributed by atoms with E-state index in [9.17, 15) is 9.59 Å². The Hall–Kier alpha value is -3.42. The minimum Gasteiger partial charge on any atom is -0.497 e. The van der Waals surface area contributed by atoms with E-state index in [0.29, 0.717) is 17.9 Å². The molecule has 27 heavy (non-hydrogen) atoms. The summed E-state index contributed by atoms with van der Waals surface area (Å²) in [4.78, 5) is 23.5. The van der Waals surface area contributed by atoms with Gasteiger partial charge in [0.15, 0.2) is 18.1 Å². The lowest BCUT2D eigenvalue weighted by Crippen LogP contribution is -2.23. The number of methoxy groups -OCH3 is 3. The average Bonchev–Trinajstić information content (AvgIpc) is 2.69. The monoisotopic (exact) mass is 374 g/mol. The summed E-state index contributed by atoms with van der Waals surface area (Å²) in [5.41, 5.74) is 6.31. The Morgan fingerprint density at radius 3 is 2.22 bits per heavy atom. The molecular formula is C19H22N2O6. The summed E-state index contributed by atoms with van der Waals surface area (Å²) in [7, 11) is 4.42. The van der Waals surface area contributed by atoms with E-state index in [4.69, 9.17) is 24.7 Å². The highest BCUT2D eigenvalue weighted by Crippen LogP contribution is 2.38. The molecule has 0 unspecified atom stereocenters. The second kappa shape index (κ2) is 9.33. The van der Waals surface area contributed by atoms with Crippen LogP contribution < -0.4 is 30.0 Å². The second-order valence-corrected chi connectivity index (χ2v) is 5.50. The quantitative estimate of drug-likeness (QED) is 0.689. The van der Waals surface area contributed by atoms with Crippen LogP contribution in [0.15, 0.2) is 36.4 Å². The molecule has 0 aliphatic carbocycles. The summed E-state index contributed by atoms with van der Waals surface area (Å²) in [5, 5.41) is 2.82. The summed E-state index contributed by atoms with van der Waals surface area (Å²) >= 11 is 0. The zero-order valence-corrected chi connectivity index (χ0v) is 15.4. The molecule has 2 aromatic rings. The van der Waals surface area contributed by atoms with Gasteiger partial charge in [0.2, 0.25) is 5.75 Å². The van der Waals surface area contributed by atoms with Crippen LogP contribution in [0.2, 0.25) is 0 Å². The van der Waals surface area contributed by atoms with Crippen molar-refractivity contribution in [1.29, 1.82) is 0 Å². The Labute approximate surface area is 157 Å². The number of hydrogen-bond acceptors (Lipinski definition) is 6. The van der Waals surface area contributed by atoms with Gasteiger partial charge in [0, 0.05) is 12.1 Å². The first kappa shape index (κ1) is 19.9. The largest absolute Gasteiger partial charge is 0.497 e. The molecule has 2 aromatic carbocycles. The van der Waals surface area contributed by atoms with E-state index < -0.39 is 5.91 Å². The average molecular weight is 374 g/mol. The summed E-state index contributed by atoms with van der Waals surface area (Å²) in [6.07, 6.45) is 0. The Morgan fingerprint density at radius 2 is 1.67 bits per heavy atom. The molecule has 144 valence electrons. The van der Waals surface area contributed by atoms with Gasteiger partial charge in [0.05, 0.1) is 21.3 Å². The standard InChI is InChI=1S/C19H22N2O6/c1-24-14-6-4-5-12(7-14)10-21-19(23)13-8-15(25-2)18(16(9-13)26-3)27-11-17(20)22/h4-9H,10-11H2,1-3H3,(H2,20,22)(H,21,23). The molecule has 3 N–H and O–H groups in total. The van der Waals surface area contributed by atoms with E-state index in [1.54, 1.807) is 7.11 Å². The predicted octanol–water partition coefficient (Wildman–Crippen LogP) is 1.51. The van der Waals surface area contributed by atoms with Crippen LogP contribution in [0.4, 0.5) is 0 Å². The zero-order valence-electron chi connectivity index (χ0n) is 15.4. The molecule has 0 fully saturated rings. The number of carbonyl (C=O) groups is 2. The number of benzene rings is 2. The lowest BCUT2D eigenvalue weighted by atomic mass is 10.1. The molecule has 0 heterocycles. The van der Waals surface area contributed by atoms with Crippen molar-refractivity contribution in [3.05, 3.63) is 47.5 Å². The van der Waals surface area contributed by atoms with E-state index in [0.717, 1.165) is 5.56 Å². The SMILES string of the molecule is COc1cccc(CNC(=O)c2cc(OC)c(OCC(N)=O)c(OC)c2)c1. The van der Waals surface area contributed by atoms with Crippen LogP contribution >= 0.6 is 0 Å². The van der Waals surface area contributed by atoms with Gasteiger partial charge < -0.3 is 30.0 Å². The molecule has 0 aromatic heterocycles. The predicted molar refractivity (Wildman–Crippen MR) is 98.4 cm³/mol. The van der Waals surface area contributed by atoms with Crippen LogP contribution in [0, 0.1) is 0 Å². The van der Waals surface area contributed by atoms with E-state index in [2.05, 4.69) is 5.32 Å². The molecule has 0 bridgehead atoms. The maximum Gasteiger partial charge on any atom is 0.255 e. The van der Waals surface area contributed by atoms with Crippen molar-refractivity contribution < 1.29 is 28.5 Å². The van der Waals surface area contributed by atoms with Crippen molar-refractivity contribution in [2.75, 3.05) is 27.9 Å². The van der Waals surface area contributed by atoms with Crippen molar-refractivity contribution in [3.63, 3.8) is 0 Å². The minimum absolute atomic E-state index is 0.197. The van der Waals surface area contributed by atoms with Gasteiger partial charge in [0.1, 0.15) is 5.75 Å². The maximum absolute atomic E-state index is 12.5. The number of nitrogens with two attached hydrogens (primary N) is 1. The van der Waals surface area contributed by atoms with Gasteiger partial charge in [0.25, 0.3) is 11.8 Å². The Kier molecular flexibility index (Phi) is 6.87. The number of ether oxygens (including phenoxy) is 4. The molecule has 0 spiro atoms. The Morgan fingerprint density at radius 1 is 1.00 bits per heavy atom. The molecule has 2 amide bonds. The lowest BCUT2D eigenvalue weighted by molar-refractivity contribution is -0.120. The zero-order chi connectivity index (χ0) is 19.8. The molecule has 0 radical (unpaired) electrons. The lowest BCUT2D eigenvalue weighted by Gasteiger charge is -2.15. The highest BCUT2D eigenvalue weighted by Gasteiger charge is 2.18. The summed E-state index contributed by atoms with van der Waals surface area (Å²) in [5.74, 6) is 0.448. The Bertz CT molecular complexity index is 797. The highest BCUT2D eigenvalue weighted by atomic mass is 16.5. The van der Waals surface area contributed by atoms with Crippen molar-refractivity contribution in [3.8, 4) is 23.0 Å². The van der Waals surface area contributed by atoms with Crippen LogP contribution in [0.1, 0.15) is 15.9 Å². The van der Waals surface area contributed by atoms with Gasteiger partial charge in [-0.15, -0.1) is 0 Å². The smallest absolute Gasteiger partial charge is 0.255 e. The first-order chi connectivity index (χ1) is 13.0. The normalized spacial score (nSPS) is 10.0. The fourth-order valence-corrected chi connectivity index (χ4v) is 2.36. The van der Waals surface area contributed by atoms with Gasteiger partial charge in [-0.2, -0.15) is 0 Å². The van der Waals surface area contributed by atoms with Crippen molar-refractivity contribution >= 4 is 11.8 Å². The summed E-state index contributed by atoms with van der Waals surface area (Å²) < 4.78 is 21.0. The molecule has 8 heteroatoms. The van der Waals surface area contributed by atoms with E-state index >= 15 is 0 Å². The number of rotatable bonds is 9. The molecule has 8 nitrogen and oxygen atoms in total. The fraction of sp³-hybridized carbons (Fsp3) is 0.263. The Balaban J connectivity index is 2.18. The van der Waals surface area contributed by atoms with Crippen LogP contribution in [-0.2, 0) is 11.3 Å². The topological polar surface area (TPSA) is 109 Å². The molecular weight excluding hydrogens is 352 g/mol. The number of carbonyl (C=O) groups excluding carboxylic acids is 2. The van der Waals surface area contributed by atoms with Crippen LogP contribution in [-0.4, -0.2) is 39.8 Å². The molecule has 0 aliphatic rings. The molecule has 2 rings (SSSR count). The fourth-order valence-electron chi connectivity index (χ4n) is 2.36.